The van der Waals surface area contributed by atoms with Crippen molar-refractivity contribution in [1.82, 2.24) is 29.0 Å². The molecule has 15 heteroatoms. The molecular weight excluding hydrogens is 519 g/mol. The fourth-order valence-corrected chi connectivity index (χ4v) is 3.91. The summed E-state index contributed by atoms with van der Waals surface area (Å²) in [6, 6.07) is 5.47. The molecule has 0 spiro atoms. The van der Waals surface area contributed by atoms with Gasteiger partial charge in [0.15, 0.2) is 11.4 Å². The molecule has 2 N–H and O–H groups in total. The van der Waals surface area contributed by atoms with Gasteiger partial charge in [0, 0.05) is 45.6 Å². The van der Waals surface area contributed by atoms with Gasteiger partial charge < -0.3 is 24.1 Å². The van der Waals surface area contributed by atoms with E-state index in [2.05, 4.69) is 25.6 Å². The van der Waals surface area contributed by atoms with Gasteiger partial charge in [0.25, 0.3) is 5.56 Å². The van der Waals surface area contributed by atoms with E-state index in [0.29, 0.717) is 25.4 Å². The Bertz CT molecular complexity index is 1700. The van der Waals surface area contributed by atoms with Crippen LogP contribution in [0.25, 0.3) is 11.2 Å². The van der Waals surface area contributed by atoms with Crippen molar-refractivity contribution >= 4 is 34.6 Å². The number of amides is 2. The van der Waals surface area contributed by atoms with Gasteiger partial charge in [0.1, 0.15) is 34.4 Å². The number of urea groups is 1. The molecule has 5 rings (SSSR count). The fraction of sp³-hybridized carbons (Fsp3) is 0.250. The number of imidazole rings is 1. The second-order valence-corrected chi connectivity index (χ2v) is 8.71. The first-order valence-electron chi connectivity index (χ1n) is 11.6. The molecule has 0 saturated carbocycles. The number of nitrogens with zero attached hydrogens (tertiary/aromatic N) is 7. The van der Waals surface area contributed by atoms with Crippen LogP contribution in [0.4, 0.5) is 35.4 Å². The minimum atomic E-state index is -4.67. The molecule has 0 aliphatic carbocycles. The average Bonchev–Trinajstić information content (AvgIpc) is 3.15. The van der Waals surface area contributed by atoms with Crippen molar-refractivity contribution in [3.63, 3.8) is 0 Å². The number of ether oxygens (including phenoxy) is 1. The largest absolute Gasteiger partial charge is 0.454 e. The van der Waals surface area contributed by atoms with Gasteiger partial charge in [-0.15, -0.1) is 0 Å². The average molecular weight is 539 g/mol. The molecular formula is C24H20F3N9O3. The number of pyridine rings is 3. The zero-order valence-corrected chi connectivity index (χ0v) is 20.6. The molecule has 0 aromatic carbocycles. The third-order valence-corrected chi connectivity index (χ3v) is 6.07. The number of hydrogen-bond donors (Lipinski definition) is 2. The molecule has 4 aromatic rings. The molecule has 5 heterocycles. The van der Waals surface area contributed by atoms with Crippen LogP contribution in [0.2, 0.25) is 0 Å². The third-order valence-electron chi connectivity index (χ3n) is 6.07. The quantitative estimate of drug-likeness (QED) is 0.391. The lowest BCUT2D eigenvalue weighted by atomic mass is 10.2. The number of anilines is 3. The van der Waals surface area contributed by atoms with Crippen LogP contribution in [0.1, 0.15) is 17.5 Å². The van der Waals surface area contributed by atoms with Crippen LogP contribution in [-0.2, 0) is 20.3 Å². The Morgan fingerprint density at radius 3 is 2.64 bits per heavy atom. The Morgan fingerprint density at radius 2 is 1.97 bits per heavy atom. The van der Waals surface area contributed by atoms with Gasteiger partial charge in [0.2, 0.25) is 5.95 Å². The number of halogens is 3. The number of carbonyl (C=O) groups excluding carboxylic acids is 1. The van der Waals surface area contributed by atoms with Gasteiger partial charge in [-0.1, -0.05) is 0 Å². The minimum absolute atomic E-state index is 0.0116. The molecule has 0 atom stereocenters. The molecule has 0 bridgehead atoms. The molecule has 4 aromatic heterocycles. The zero-order valence-electron chi connectivity index (χ0n) is 20.6. The molecule has 12 nitrogen and oxygen atoms in total. The van der Waals surface area contributed by atoms with E-state index in [9.17, 15) is 28.0 Å². The van der Waals surface area contributed by atoms with Crippen molar-refractivity contribution in [1.29, 1.82) is 5.26 Å². The second kappa shape index (κ2) is 9.63. The van der Waals surface area contributed by atoms with Crippen LogP contribution in [0.3, 0.4) is 0 Å². The van der Waals surface area contributed by atoms with E-state index in [1.165, 1.54) is 43.2 Å². The number of aryl methyl sites for hydroxylation is 2. The van der Waals surface area contributed by atoms with Gasteiger partial charge in [-0.2, -0.15) is 23.4 Å². The van der Waals surface area contributed by atoms with Crippen LogP contribution < -0.4 is 20.9 Å². The third kappa shape index (κ3) is 4.91. The van der Waals surface area contributed by atoms with E-state index in [1.807, 2.05) is 6.07 Å². The lowest BCUT2D eigenvalue weighted by Crippen LogP contribution is -2.44. The van der Waals surface area contributed by atoms with E-state index >= 15 is 0 Å². The molecule has 39 heavy (non-hydrogen) atoms. The van der Waals surface area contributed by atoms with E-state index in [-0.39, 0.29) is 51.7 Å². The first-order valence-corrected chi connectivity index (χ1v) is 11.6. The van der Waals surface area contributed by atoms with Crippen LogP contribution in [0, 0.1) is 11.3 Å². The fourth-order valence-electron chi connectivity index (χ4n) is 3.91. The Morgan fingerprint density at radius 1 is 1.21 bits per heavy atom. The number of nitriles is 1. The summed E-state index contributed by atoms with van der Waals surface area (Å²) in [6.07, 6.45) is -0.318. The summed E-state index contributed by atoms with van der Waals surface area (Å²) < 4.78 is 47.9. The number of aromatic nitrogens is 5. The highest BCUT2D eigenvalue weighted by Crippen LogP contribution is 2.33. The predicted molar refractivity (Wildman–Crippen MR) is 133 cm³/mol. The summed E-state index contributed by atoms with van der Waals surface area (Å²) in [5.74, 6) is 0.587. The molecule has 0 radical (unpaired) electrons. The van der Waals surface area contributed by atoms with Crippen LogP contribution >= 0.6 is 0 Å². The van der Waals surface area contributed by atoms with Crippen molar-refractivity contribution < 1.29 is 22.7 Å². The summed E-state index contributed by atoms with van der Waals surface area (Å²) in [6.45, 7) is 1.34. The monoisotopic (exact) mass is 539 g/mol. The molecule has 1 fully saturated rings. The topological polar surface area (TPSA) is 143 Å². The number of carbonyl (C=O) groups is 1. The Kier molecular flexibility index (Phi) is 6.30. The van der Waals surface area contributed by atoms with Crippen molar-refractivity contribution in [2.75, 3.05) is 23.7 Å². The van der Waals surface area contributed by atoms with Gasteiger partial charge in [-0.3, -0.25) is 10.1 Å². The number of hydrogen-bond acceptors (Lipinski definition) is 8. The van der Waals surface area contributed by atoms with Gasteiger partial charge in [-0.05, 0) is 18.6 Å². The van der Waals surface area contributed by atoms with Gasteiger partial charge >= 0.3 is 12.2 Å². The standard InChI is InChI=1S/C24H20F3N9O3/c1-34-12-13(24(25,26)27)8-16(21(34)37)31-22-33-20-19(35(22)2)15(10-28)17(11-30-20)39-14-4-5-29-18(9-14)32-23(38)36-6-3-7-36/h4-5,8-9,11-12H,3,6-7H2,1-2H3,(H,29,32,38)(H,30,31,33). The van der Waals surface area contributed by atoms with Crippen LogP contribution in [0.5, 0.6) is 11.5 Å². The van der Waals surface area contributed by atoms with Crippen LogP contribution in [-0.4, -0.2) is 48.1 Å². The molecule has 1 aliphatic heterocycles. The molecule has 1 saturated heterocycles. The van der Waals surface area contributed by atoms with E-state index in [0.717, 1.165) is 11.0 Å². The van der Waals surface area contributed by atoms with E-state index < -0.39 is 17.3 Å². The Hall–Kier alpha value is -5.13. The van der Waals surface area contributed by atoms with Gasteiger partial charge in [0.05, 0.1) is 11.8 Å². The number of likely N-dealkylation sites (tertiary alicyclic amines) is 1. The summed E-state index contributed by atoms with van der Waals surface area (Å²) in [7, 11) is 2.72. The Labute approximate surface area is 218 Å². The molecule has 1 aliphatic rings. The molecule has 2 amide bonds. The van der Waals surface area contributed by atoms with E-state index in [4.69, 9.17) is 4.74 Å². The van der Waals surface area contributed by atoms with Crippen molar-refractivity contribution in [3.05, 3.63) is 58.3 Å². The number of alkyl halides is 3. The summed E-state index contributed by atoms with van der Waals surface area (Å²) in [5.41, 5.74) is -1.71. The first-order chi connectivity index (χ1) is 18.5. The SMILES string of the molecule is Cn1cc(C(F)(F)F)cc(Nc2nc3ncc(Oc4ccnc(NC(=O)N5CCC5)c4)c(C#N)c3n2C)c1=O. The summed E-state index contributed by atoms with van der Waals surface area (Å²) >= 11 is 0. The Balaban J connectivity index is 1.46. The van der Waals surface area contributed by atoms with E-state index in [1.54, 1.807) is 4.90 Å². The first kappa shape index (κ1) is 25.5. The van der Waals surface area contributed by atoms with Crippen molar-refractivity contribution in [3.8, 4) is 17.6 Å². The summed E-state index contributed by atoms with van der Waals surface area (Å²) in [4.78, 5) is 38.9. The van der Waals surface area contributed by atoms with Gasteiger partial charge in [-0.25, -0.2) is 14.8 Å². The number of fused-ring (bicyclic) bond motifs is 1. The van der Waals surface area contributed by atoms with Crippen molar-refractivity contribution in [2.24, 2.45) is 14.1 Å². The highest BCUT2D eigenvalue weighted by Gasteiger charge is 2.32. The maximum absolute atomic E-state index is 13.3. The predicted octanol–water partition coefficient (Wildman–Crippen LogP) is 3.73. The summed E-state index contributed by atoms with van der Waals surface area (Å²) in [5, 5.41) is 15.2. The highest BCUT2D eigenvalue weighted by atomic mass is 19.4. The highest BCUT2D eigenvalue weighted by molar-refractivity contribution is 5.89. The maximum Gasteiger partial charge on any atom is 0.417 e. The number of rotatable bonds is 5. The molecule has 0 unspecified atom stereocenters. The molecule has 200 valence electrons. The van der Waals surface area contributed by atoms with Crippen LogP contribution in [0.15, 0.2) is 41.6 Å². The lowest BCUT2D eigenvalue weighted by molar-refractivity contribution is -0.138. The smallest absolute Gasteiger partial charge is 0.417 e. The zero-order chi connectivity index (χ0) is 27.9. The van der Waals surface area contributed by atoms with Crippen molar-refractivity contribution in [2.45, 2.75) is 12.6 Å². The lowest BCUT2D eigenvalue weighted by Gasteiger charge is -2.30. The number of nitrogens with one attached hydrogen (secondary N) is 2. The second-order valence-electron chi connectivity index (χ2n) is 8.71. The normalized spacial score (nSPS) is 13.1. The minimum Gasteiger partial charge on any atom is -0.454 e. The maximum atomic E-state index is 13.3.